The molecule has 0 aliphatic carbocycles. The molecule has 0 radical (unpaired) electrons. The Morgan fingerprint density at radius 2 is 1.80 bits per heavy atom. The lowest BCUT2D eigenvalue weighted by atomic mass is 9.91. The predicted octanol–water partition coefficient (Wildman–Crippen LogP) is 2.57. The molecule has 1 aromatic carbocycles. The number of nitrogens with one attached hydrogen (secondary N) is 1. The molecule has 0 aromatic heterocycles. The van der Waals surface area contributed by atoms with Gasteiger partial charge in [0, 0.05) is 12.6 Å². The summed E-state index contributed by atoms with van der Waals surface area (Å²) in [6.07, 6.45) is 1.75. The van der Waals surface area contributed by atoms with E-state index in [-0.39, 0.29) is 11.5 Å². The van der Waals surface area contributed by atoms with Gasteiger partial charge in [-0.15, -0.1) is 0 Å². The lowest BCUT2D eigenvalue weighted by molar-refractivity contribution is 0.434. The maximum atomic E-state index is 13.4. The summed E-state index contributed by atoms with van der Waals surface area (Å²) in [5.41, 5.74) is 0.279. The van der Waals surface area contributed by atoms with Gasteiger partial charge in [0.25, 0.3) is 0 Å². The summed E-state index contributed by atoms with van der Waals surface area (Å²) < 4.78 is 39.0. The number of halogens is 3. The summed E-state index contributed by atoms with van der Waals surface area (Å²) in [5.74, 6) is -2.80. The minimum Gasteiger partial charge on any atom is -0.316 e. The number of piperidine rings is 1. The van der Waals surface area contributed by atoms with Crippen molar-refractivity contribution in [2.75, 3.05) is 13.1 Å². The van der Waals surface area contributed by atoms with E-state index in [1.165, 1.54) is 0 Å². The zero-order valence-electron chi connectivity index (χ0n) is 8.19. The fourth-order valence-electron chi connectivity index (χ4n) is 1.97. The molecule has 0 amide bonds. The maximum absolute atomic E-state index is 13.4. The summed E-state index contributed by atoms with van der Waals surface area (Å²) >= 11 is 0. The Labute approximate surface area is 86.3 Å². The van der Waals surface area contributed by atoms with E-state index in [4.69, 9.17) is 0 Å². The third kappa shape index (κ3) is 2.15. The van der Waals surface area contributed by atoms with Crippen molar-refractivity contribution in [3.8, 4) is 0 Å². The van der Waals surface area contributed by atoms with Gasteiger partial charge in [-0.2, -0.15) is 0 Å². The Kier molecular flexibility index (Phi) is 2.95. The van der Waals surface area contributed by atoms with Crippen LogP contribution in [0.2, 0.25) is 0 Å². The SMILES string of the molecule is Fc1cc(F)c([C@@H]2CCCNC2)cc1F. The van der Waals surface area contributed by atoms with Gasteiger partial charge in [0.05, 0.1) is 0 Å². The van der Waals surface area contributed by atoms with Crippen molar-refractivity contribution in [2.24, 2.45) is 0 Å². The van der Waals surface area contributed by atoms with Gasteiger partial charge in [0.15, 0.2) is 11.6 Å². The molecule has 1 fully saturated rings. The molecule has 82 valence electrons. The van der Waals surface area contributed by atoms with Crippen LogP contribution >= 0.6 is 0 Å². The Bertz CT molecular complexity index is 359. The highest BCUT2D eigenvalue weighted by Gasteiger charge is 2.20. The van der Waals surface area contributed by atoms with Gasteiger partial charge in [0.1, 0.15) is 5.82 Å². The summed E-state index contributed by atoms with van der Waals surface area (Å²) in [7, 11) is 0. The van der Waals surface area contributed by atoms with E-state index in [0.29, 0.717) is 12.6 Å². The van der Waals surface area contributed by atoms with Crippen LogP contribution < -0.4 is 5.32 Å². The molecule has 1 saturated heterocycles. The van der Waals surface area contributed by atoms with Crippen LogP contribution in [0.25, 0.3) is 0 Å². The normalized spacial score (nSPS) is 21.7. The third-order valence-electron chi connectivity index (χ3n) is 2.78. The monoisotopic (exact) mass is 215 g/mol. The Balaban J connectivity index is 2.30. The Hall–Kier alpha value is -1.03. The second-order valence-corrected chi connectivity index (χ2v) is 3.83. The van der Waals surface area contributed by atoms with E-state index in [9.17, 15) is 13.2 Å². The van der Waals surface area contributed by atoms with Crippen LogP contribution in [0, 0.1) is 17.5 Å². The average molecular weight is 215 g/mol. The predicted molar refractivity (Wildman–Crippen MR) is 51.2 cm³/mol. The molecule has 1 heterocycles. The van der Waals surface area contributed by atoms with Crippen LogP contribution in [-0.4, -0.2) is 13.1 Å². The van der Waals surface area contributed by atoms with Crippen LogP contribution in [0.5, 0.6) is 0 Å². The average Bonchev–Trinajstić information content (AvgIpc) is 2.25. The highest BCUT2D eigenvalue weighted by Crippen LogP contribution is 2.27. The molecule has 4 heteroatoms. The summed E-state index contributed by atoms with van der Waals surface area (Å²) in [4.78, 5) is 0. The second-order valence-electron chi connectivity index (χ2n) is 3.83. The minimum atomic E-state index is -1.12. The topological polar surface area (TPSA) is 12.0 Å². The first-order valence-corrected chi connectivity index (χ1v) is 5.03. The van der Waals surface area contributed by atoms with Crippen molar-refractivity contribution in [1.82, 2.24) is 5.32 Å². The lowest BCUT2D eigenvalue weighted by Crippen LogP contribution is -2.29. The molecular formula is C11H12F3N. The van der Waals surface area contributed by atoms with E-state index < -0.39 is 17.5 Å². The molecule has 1 nitrogen and oxygen atoms in total. The molecular weight excluding hydrogens is 203 g/mol. The lowest BCUT2D eigenvalue weighted by Gasteiger charge is -2.23. The van der Waals surface area contributed by atoms with E-state index in [2.05, 4.69) is 5.32 Å². The fourth-order valence-corrected chi connectivity index (χ4v) is 1.97. The standard InChI is InChI=1S/C11H12F3N/c12-9-5-11(14)10(13)4-8(9)7-2-1-3-15-6-7/h4-5,7,15H,1-3,6H2/t7-/m1/s1. The number of hydrogen-bond acceptors (Lipinski definition) is 1. The first-order valence-electron chi connectivity index (χ1n) is 5.03. The fraction of sp³-hybridized carbons (Fsp3) is 0.455. The van der Waals surface area contributed by atoms with Crippen LogP contribution in [0.4, 0.5) is 13.2 Å². The van der Waals surface area contributed by atoms with Crippen molar-refractivity contribution in [3.05, 3.63) is 35.1 Å². The number of benzene rings is 1. The zero-order valence-corrected chi connectivity index (χ0v) is 8.19. The van der Waals surface area contributed by atoms with Crippen LogP contribution in [0.15, 0.2) is 12.1 Å². The molecule has 1 aliphatic rings. The van der Waals surface area contributed by atoms with E-state index >= 15 is 0 Å². The van der Waals surface area contributed by atoms with Crippen LogP contribution in [0.3, 0.4) is 0 Å². The molecule has 0 saturated carbocycles. The van der Waals surface area contributed by atoms with Gasteiger partial charge in [-0.25, -0.2) is 13.2 Å². The molecule has 0 bridgehead atoms. The van der Waals surface area contributed by atoms with Crippen molar-refractivity contribution < 1.29 is 13.2 Å². The molecule has 1 N–H and O–H groups in total. The zero-order chi connectivity index (χ0) is 10.8. The van der Waals surface area contributed by atoms with Gasteiger partial charge in [0.2, 0.25) is 0 Å². The minimum absolute atomic E-state index is 0.0474. The molecule has 1 aliphatic heterocycles. The summed E-state index contributed by atoms with van der Waals surface area (Å²) in [6, 6.07) is 1.60. The Morgan fingerprint density at radius 3 is 2.47 bits per heavy atom. The highest BCUT2D eigenvalue weighted by molar-refractivity contribution is 5.24. The third-order valence-corrected chi connectivity index (χ3v) is 2.78. The summed E-state index contributed by atoms with van der Waals surface area (Å²) in [6.45, 7) is 1.53. The van der Waals surface area contributed by atoms with Gasteiger partial charge in [-0.1, -0.05) is 0 Å². The first-order chi connectivity index (χ1) is 7.18. The number of hydrogen-bond donors (Lipinski definition) is 1. The summed E-state index contributed by atoms with van der Waals surface area (Å²) in [5, 5.41) is 3.11. The largest absolute Gasteiger partial charge is 0.316 e. The van der Waals surface area contributed by atoms with Crippen molar-refractivity contribution in [2.45, 2.75) is 18.8 Å². The molecule has 1 atom stereocenters. The smallest absolute Gasteiger partial charge is 0.161 e. The Morgan fingerprint density at radius 1 is 1.07 bits per heavy atom. The van der Waals surface area contributed by atoms with Crippen molar-refractivity contribution in [1.29, 1.82) is 0 Å². The second kappa shape index (κ2) is 4.23. The molecule has 0 unspecified atom stereocenters. The molecule has 15 heavy (non-hydrogen) atoms. The van der Waals surface area contributed by atoms with Gasteiger partial charge < -0.3 is 5.32 Å². The van der Waals surface area contributed by atoms with Crippen LogP contribution in [-0.2, 0) is 0 Å². The molecule has 2 rings (SSSR count). The van der Waals surface area contributed by atoms with Gasteiger partial charge in [-0.05, 0) is 36.9 Å². The van der Waals surface area contributed by atoms with Crippen molar-refractivity contribution >= 4 is 0 Å². The van der Waals surface area contributed by atoms with E-state index in [1.54, 1.807) is 0 Å². The van der Waals surface area contributed by atoms with Crippen molar-refractivity contribution in [3.63, 3.8) is 0 Å². The molecule has 1 aromatic rings. The van der Waals surface area contributed by atoms with Gasteiger partial charge >= 0.3 is 0 Å². The van der Waals surface area contributed by atoms with E-state index in [1.807, 2.05) is 0 Å². The number of rotatable bonds is 1. The first kappa shape index (κ1) is 10.5. The van der Waals surface area contributed by atoms with Crippen LogP contribution in [0.1, 0.15) is 24.3 Å². The quantitative estimate of drug-likeness (QED) is 0.710. The highest BCUT2D eigenvalue weighted by atomic mass is 19.2. The maximum Gasteiger partial charge on any atom is 0.161 e. The van der Waals surface area contributed by atoms with E-state index in [0.717, 1.165) is 25.5 Å². The molecule has 0 spiro atoms. The van der Waals surface area contributed by atoms with Gasteiger partial charge in [-0.3, -0.25) is 0 Å².